The molecule has 0 aliphatic heterocycles. The lowest BCUT2D eigenvalue weighted by Gasteiger charge is -2.03. The van der Waals surface area contributed by atoms with Crippen LogP contribution in [0.15, 0.2) is 48.8 Å². The lowest BCUT2D eigenvalue weighted by atomic mass is 10.3. The number of aromatic nitrogens is 1. The number of rotatable bonds is 2. The molecule has 0 atom stereocenters. The van der Waals surface area contributed by atoms with E-state index in [1.54, 1.807) is 36.7 Å². The maximum atomic E-state index is 6.81. The zero-order valence-corrected chi connectivity index (χ0v) is 7.92. The number of benzene rings is 1. The van der Waals surface area contributed by atoms with E-state index in [2.05, 4.69) is 9.83 Å². The molecule has 2 rings (SSSR count). The van der Waals surface area contributed by atoms with Gasteiger partial charge in [-0.1, -0.05) is 12.1 Å². The summed E-state index contributed by atoms with van der Waals surface area (Å²) >= 11 is 0. The molecule has 0 saturated carbocycles. The van der Waals surface area contributed by atoms with Gasteiger partial charge in [0, 0.05) is 6.20 Å². The molecule has 0 aliphatic carbocycles. The fraction of sp³-hybridized carbons (Fsp3) is 0. The molecule has 0 spiro atoms. The smallest absolute Gasteiger partial charge is 0.187 e. The molecule has 0 aliphatic rings. The van der Waals surface area contributed by atoms with Crippen molar-refractivity contribution in [1.29, 1.82) is 0 Å². The molecule has 0 amide bonds. The monoisotopic (exact) mass is 196 g/mol. The van der Waals surface area contributed by atoms with Crippen molar-refractivity contribution in [3.05, 3.63) is 60.2 Å². The minimum Gasteiger partial charge on any atom is -0.456 e. The molecule has 0 N–H and O–H groups in total. The average Bonchev–Trinajstić information content (AvgIpc) is 2.31. The van der Waals surface area contributed by atoms with Gasteiger partial charge in [-0.3, -0.25) is 4.98 Å². The van der Waals surface area contributed by atoms with E-state index < -0.39 is 0 Å². The fourth-order valence-electron chi connectivity index (χ4n) is 1.13. The summed E-state index contributed by atoms with van der Waals surface area (Å²) < 4.78 is 5.51. The lowest BCUT2D eigenvalue weighted by Crippen LogP contribution is -1.83. The normalized spacial score (nSPS) is 9.27. The Morgan fingerprint density at radius 2 is 1.87 bits per heavy atom. The third-order valence-electron chi connectivity index (χ3n) is 1.84. The van der Waals surface area contributed by atoms with E-state index in [1.807, 2.05) is 12.1 Å². The van der Waals surface area contributed by atoms with E-state index in [9.17, 15) is 0 Å². The number of hydrogen-bond donors (Lipinski definition) is 0. The Kier molecular flexibility index (Phi) is 2.61. The number of ether oxygens (including phenoxy) is 1. The summed E-state index contributed by atoms with van der Waals surface area (Å²) in [6.45, 7) is 6.81. The van der Waals surface area contributed by atoms with Gasteiger partial charge in [0.15, 0.2) is 5.69 Å². The van der Waals surface area contributed by atoms with Gasteiger partial charge >= 0.3 is 0 Å². The third-order valence-corrected chi connectivity index (χ3v) is 1.84. The van der Waals surface area contributed by atoms with E-state index in [1.165, 1.54) is 0 Å². The Hall–Kier alpha value is -2.34. The van der Waals surface area contributed by atoms with E-state index in [-0.39, 0.29) is 0 Å². The van der Waals surface area contributed by atoms with Crippen molar-refractivity contribution in [2.45, 2.75) is 0 Å². The summed E-state index contributed by atoms with van der Waals surface area (Å²) in [4.78, 5) is 7.24. The second-order valence-corrected chi connectivity index (χ2v) is 2.90. The van der Waals surface area contributed by atoms with E-state index in [0.717, 1.165) is 0 Å². The number of pyridine rings is 1. The van der Waals surface area contributed by atoms with Crippen molar-refractivity contribution in [1.82, 2.24) is 4.98 Å². The first kappa shape index (κ1) is 9.22. The minimum atomic E-state index is 0.605. The molecule has 3 heteroatoms. The number of nitrogens with zero attached hydrogens (tertiary/aromatic N) is 2. The SMILES string of the molecule is [C-]#[N+]c1ccc(Oc2cccnc2)cc1. The molecule has 0 radical (unpaired) electrons. The molecule has 3 nitrogen and oxygen atoms in total. The predicted octanol–water partition coefficient (Wildman–Crippen LogP) is 3.42. The molecule has 0 bridgehead atoms. The van der Waals surface area contributed by atoms with Crippen molar-refractivity contribution in [3.63, 3.8) is 0 Å². The molecule has 0 saturated heterocycles. The van der Waals surface area contributed by atoms with Crippen LogP contribution in [-0.4, -0.2) is 4.98 Å². The van der Waals surface area contributed by atoms with Crippen LogP contribution in [-0.2, 0) is 0 Å². The van der Waals surface area contributed by atoms with Gasteiger partial charge in [0.05, 0.1) is 12.8 Å². The molecule has 15 heavy (non-hydrogen) atoms. The summed E-state index contributed by atoms with van der Waals surface area (Å²) in [5.41, 5.74) is 0.605. The summed E-state index contributed by atoms with van der Waals surface area (Å²) in [7, 11) is 0. The molecule has 1 aromatic carbocycles. The molecule has 1 aromatic heterocycles. The first-order valence-corrected chi connectivity index (χ1v) is 4.44. The Morgan fingerprint density at radius 1 is 1.07 bits per heavy atom. The predicted molar refractivity (Wildman–Crippen MR) is 57.0 cm³/mol. The fourth-order valence-corrected chi connectivity index (χ4v) is 1.13. The second kappa shape index (κ2) is 4.25. The summed E-state index contributed by atoms with van der Waals surface area (Å²) in [6, 6.07) is 10.6. The first-order chi connectivity index (χ1) is 7.38. The van der Waals surface area contributed by atoms with Gasteiger partial charge in [-0.05, 0) is 24.3 Å². The highest BCUT2D eigenvalue weighted by Crippen LogP contribution is 2.22. The quantitative estimate of drug-likeness (QED) is 0.688. The molecular formula is C12H8N2O. The highest BCUT2D eigenvalue weighted by molar-refractivity contribution is 5.47. The largest absolute Gasteiger partial charge is 0.456 e. The van der Waals surface area contributed by atoms with E-state index in [0.29, 0.717) is 17.2 Å². The van der Waals surface area contributed by atoms with Crippen molar-refractivity contribution >= 4 is 5.69 Å². The van der Waals surface area contributed by atoms with Crippen LogP contribution in [0.3, 0.4) is 0 Å². The summed E-state index contributed by atoms with van der Waals surface area (Å²) in [5.74, 6) is 1.39. The highest BCUT2D eigenvalue weighted by Gasteiger charge is 1.96. The molecule has 2 aromatic rings. The van der Waals surface area contributed by atoms with Crippen LogP contribution < -0.4 is 4.74 Å². The van der Waals surface area contributed by atoms with Crippen molar-refractivity contribution in [2.24, 2.45) is 0 Å². The van der Waals surface area contributed by atoms with Crippen LogP contribution in [0, 0.1) is 6.57 Å². The Morgan fingerprint density at radius 3 is 2.47 bits per heavy atom. The van der Waals surface area contributed by atoms with E-state index in [4.69, 9.17) is 11.3 Å². The van der Waals surface area contributed by atoms with Gasteiger partial charge in [0.25, 0.3) is 0 Å². The van der Waals surface area contributed by atoms with Crippen LogP contribution in [0.5, 0.6) is 11.5 Å². The van der Waals surface area contributed by atoms with Crippen LogP contribution in [0.25, 0.3) is 4.85 Å². The zero-order valence-electron chi connectivity index (χ0n) is 7.92. The first-order valence-electron chi connectivity index (χ1n) is 4.44. The Labute approximate surface area is 87.8 Å². The van der Waals surface area contributed by atoms with Crippen LogP contribution >= 0.6 is 0 Å². The Balaban J connectivity index is 2.16. The Bertz CT molecular complexity index is 471. The summed E-state index contributed by atoms with van der Waals surface area (Å²) in [6.07, 6.45) is 3.33. The maximum Gasteiger partial charge on any atom is 0.187 e. The van der Waals surface area contributed by atoms with Crippen molar-refractivity contribution < 1.29 is 4.74 Å². The second-order valence-electron chi connectivity index (χ2n) is 2.90. The molecule has 0 fully saturated rings. The third kappa shape index (κ3) is 2.32. The maximum absolute atomic E-state index is 6.81. The summed E-state index contributed by atoms with van der Waals surface area (Å²) in [5, 5.41) is 0. The number of hydrogen-bond acceptors (Lipinski definition) is 2. The lowest BCUT2D eigenvalue weighted by molar-refractivity contribution is 0.480. The average molecular weight is 196 g/mol. The van der Waals surface area contributed by atoms with Gasteiger partial charge in [-0.15, -0.1) is 0 Å². The van der Waals surface area contributed by atoms with Crippen LogP contribution in [0.2, 0.25) is 0 Å². The molecule has 72 valence electrons. The van der Waals surface area contributed by atoms with Gasteiger partial charge in [-0.25, -0.2) is 4.85 Å². The standard InChI is InChI=1S/C12H8N2O/c1-13-10-4-6-11(7-5-10)15-12-3-2-8-14-9-12/h2-9H. The van der Waals surface area contributed by atoms with Gasteiger partial charge in [0.2, 0.25) is 0 Å². The molecular weight excluding hydrogens is 188 g/mol. The molecule has 1 heterocycles. The highest BCUT2D eigenvalue weighted by atomic mass is 16.5. The van der Waals surface area contributed by atoms with Crippen LogP contribution in [0.1, 0.15) is 0 Å². The topological polar surface area (TPSA) is 26.5 Å². The van der Waals surface area contributed by atoms with Gasteiger partial charge < -0.3 is 4.74 Å². The van der Waals surface area contributed by atoms with E-state index >= 15 is 0 Å². The molecule has 0 unspecified atom stereocenters. The van der Waals surface area contributed by atoms with Gasteiger partial charge in [-0.2, -0.15) is 0 Å². The van der Waals surface area contributed by atoms with Crippen molar-refractivity contribution in [3.8, 4) is 11.5 Å². The minimum absolute atomic E-state index is 0.605. The van der Waals surface area contributed by atoms with Gasteiger partial charge in [0.1, 0.15) is 11.5 Å². The van der Waals surface area contributed by atoms with Crippen molar-refractivity contribution in [2.75, 3.05) is 0 Å². The zero-order chi connectivity index (χ0) is 10.5. The van der Waals surface area contributed by atoms with Crippen LogP contribution in [0.4, 0.5) is 5.69 Å².